The minimum Gasteiger partial charge on any atom is -0.357 e. The van der Waals surface area contributed by atoms with Crippen LogP contribution in [0.2, 0.25) is 0 Å². The summed E-state index contributed by atoms with van der Waals surface area (Å²) in [6.45, 7) is 7.85. The first-order valence-corrected chi connectivity index (χ1v) is 8.88. The molecule has 0 unspecified atom stereocenters. The molecular formula is C20H27N5O. The average molecular weight is 353 g/mol. The molecule has 0 aliphatic carbocycles. The van der Waals surface area contributed by atoms with Crippen LogP contribution in [0.25, 0.3) is 0 Å². The van der Waals surface area contributed by atoms with Gasteiger partial charge in [-0.1, -0.05) is 30.3 Å². The number of pyridine rings is 1. The van der Waals surface area contributed by atoms with E-state index in [2.05, 4.69) is 45.0 Å². The van der Waals surface area contributed by atoms with E-state index in [0.29, 0.717) is 31.3 Å². The Morgan fingerprint density at radius 3 is 2.62 bits per heavy atom. The van der Waals surface area contributed by atoms with Crippen LogP contribution in [-0.2, 0) is 11.3 Å². The first-order chi connectivity index (χ1) is 12.6. The second-order valence-corrected chi connectivity index (χ2v) is 6.01. The zero-order valence-electron chi connectivity index (χ0n) is 15.7. The second-order valence-electron chi connectivity index (χ2n) is 6.01. The molecule has 138 valence electrons. The van der Waals surface area contributed by atoms with Gasteiger partial charge >= 0.3 is 0 Å². The summed E-state index contributed by atoms with van der Waals surface area (Å²) in [6, 6.07) is 13.7. The third-order valence-corrected chi connectivity index (χ3v) is 3.81. The molecule has 0 aliphatic heterocycles. The van der Waals surface area contributed by atoms with Gasteiger partial charge in [-0.25, -0.2) is 9.98 Å². The summed E-state index contributed by atoms with van der Waals surface area (Å²) in [7, 11) is 0. The number of nitrogens with one attached hydrogen (secondary N) is 3. The lowest BCUT2D eigenvalue weighted by Crippen LogP contribution is -2.38. The molecule has 6 heteroatoms. The van der Waals surface area contributed by atoms with Crippen LogP contribution in [0.5, 0.6) is 0 Å². The van der Waals surface area contributed by atoms with Gasteiger partial charge in [0, 0.05) is 25.2 Å². The fourth-order valence-electron chi connectivity index (χ4n) is 2.41. The minimum absolute atomic E-state index is 0.0784. The molecule has 0 aliphatic rings. The number of aromatic nitrogens is 1. The second kappa shape index (κ2) is 10.2. The van der Waals surface area contributed by atoms with E-state index in [0.717, 1.165) is 12.2 Å². The fourth-order valence-corrected chi connectivity index (χ4v) is 2.41. The van der Waals surface area contributed by atoms with Crippen molar-refractivity contribution < 1.29 is 4.79 Å². The van der Waals surface area contributed by atoms with E-state index in [4.69, 9.17) is 0 Å². The molecule has 26 heavy (non-hydrogen) atoms. The van der Waals surface area contributed by atoms with Crippen LogP contribution in [0.1, 0.15) is 30.2 Å². The van der Waals surface area contributed by atoms with Gasteiger partial charge in [0.2, 0.25) is 5.91 Å². The summed E-state index contributed by atoms with van der Waals surface area (Å²) in [5, 5.41) is 9.20. The topological polar surface area (TPSA) is 78.4 Å². The molecule has 6 nitrogen and oxygen atoms in total. The number of rotatable bonds is 7. The standard InChI is InChI=1S/C20H27N5O/c1-4-21-20(23-14-17-10-6-5-8-15(17)2)22-13-12-19(26)25-18-11-7-9-16(3)24-18/h5-11H,4,12-14H2,1-3H3,(H2,21,22,23)(H,24,25,26). The zero-order valence-corrected chi connectivity index (χ0v) is 15.7. The van der Waals surface area contributed by atoms with Crippen molar-refractivity contribution in [1.29, 1.82) is 0 Å². The Morgan fingerprint density at radius 1 is 1.08 bits per heavy atom. The highest BCUT2D eigenvalue weighted by molar-refractivity contribution is 5.90. The Bertz CT molecular complexity index is 757. The van der Waals surface area contributed by atoms with Crippen molar-refractivity contribution in [2.24, 2.45) is 4.99 Å². The number of aliphatic imine (C=N–C) groups is 1. The van der Waals surface area contributed by atoms with Gasteiger partial charge in [-0.15, -0.1) is 0 Å². The van der Waals surface area contributed by atoms with E-state index < -0.39 is 0 Å². The quantitative estimate of drug-likeness (QED) is 0.528. The van der Waals surface area contributed by atoms with Crippen molar-refractivity contribution >= 4 is 17.7 Å². The SMILES string of the molecule is CCNC(=NCc1ccccc1C)NCCC(=O)Nc1cccc(C)n1. The molecule has 1 aromatic carbocycles. The Morgan fingerprint density at radius 2 is 1.88 bits per heavy atom. The van der Waals surface area contributed by atoms with E-state index in [1.165, 1.54) is 11.1 Å². The van der Waals surface area contributed by atoms with Crippen molar-refractivity contribution in [3.63, 3.8) is 0 Å². The maximum Gasteiger partial charge on any atom is 0.227 e. The number of carbonyl (C=O) groups excluding carboxylic acids is 1. The van der Waals surface area contributed by atoms with Crippen molar-refractivity contribution in [1.82, 2.24) is 15.6 Å². The molecular weight excluding hydrogens is 326 g/mol. The number of anilines is 1. The molecule has 1 heterocycles. The summed E-state index contributed by atoms with van der Waals surface area (Å²) in [5.74, 6) is 1.21. The highest BCUT2D eigenvalue weighted by atomic mass is 16.1. The molecule has 0 spiro atoms. The highest BCUT2D eigenvalue weighted by Crippen LogP contribution is 2.08. The lowest BCUT2D eigenvalue weighted by molar-refractivity contribution is -0.116. The molecule has 3 N–H and O–H groups in total. The van der Waals surface area contributed by atoms with Gasteiger partial charge in [0.15, 0.2) is 5.96 Å². The summed E-state index contributed by atoms with van der Waals surface area (Å²) in [4.78, 5) is 20.9. The Kier molecular flexibility index (Phi) is 7.61. The maximum absolute atomic E-state index is 12.0. The maximum atomic E-state index is 12.0. The first-order valence-electron chi connectivity index (χ1n) is 8.88. The van der Waals surface area contributed by atoms with Gasteiger partial charge in [0.05, 0.1) is 6.54 Å². The molecule has 0 bridgehead atoms. The van der Waals surface area contributed by atoms with Crippen LogP contribution in [0.15, 0.2) is 47.5 Å². The third kappa shape index (κ3) is 6.55. The van der Waals surface area contributed by atoms with Gasteiger partial charge < -0.3 is 16.0 Å². The third-order valence-electron chi connectivity index (χ3n) is 3.81. The Labute approximate surface area is 155 Å². The molecule has 1 aromatic heterocycles. The Hall–Kier alpha value is -2.89. The molecule has 0 saturated heterocycles. The van der Waals surface area contributed by atoms with Gasteiger partial charge in [-0.2, -0.15) is 0 Å². The number of hydrogen-bond donors (Lipinski definition) is 3. The van der Waals surface area contributed by atoms with Gasteiger partial charge in [-0.05, 0) is 44.0 Å². The number of guanidine groups is 1. The molecule has 0 radical (unpaired) electrons. The van der Waals surface area contributed by atoms with Gasteiger partial charge in [0.1, 0.15) is 5.82 Å². The summed E-state index contributed by atoms with van der Waals surface area (Å²) in [5.41, 5.74) is 3.28. The Balaban J connectivity index is 1.83. The van der Waals surface area contributed by atoms with Crippen LogP contribution in [0, 0.1) is 13.8 Å². The van der Waals surface area contributed by atoms with Crippen molar-refractivity contribution in [3.05, 3.63) is 59.3 Å². The zero-order chi connectivity index (χ0) is 18.8. The number of carbonyl (C=O) groups is 1. The van der Waals surface area contributed by atoms with Crippen LogP contribution in [-0.4, -0.2) is 29.9 Å². The van der Waals surface area contributed by atoms with Crippen LogP contribution in [0.4, 0.5) is 5.82 Å². The van der Waals surface area contributed by atoms with Crippen LogP contribution < -0.4 is 16.0 Å². The normalized spacial score (nSPS) is 11.1. The van der Waals surface area contributed by atoms with Crippen LogP contribution >= 0.6 is 0 Å². The largest absolute Gasteiger partial charge is 0.357 e. The predicted molar refractivity (Wildman–Crippen MR) is 106 cm³/mol. The number of nitrogens with zero attached hydrogens (tertiary/aromatic N) is 2. The van der Waals surface area contributed by atoms with Crippen molar-refractivity contribution in [3.8, 4) is 0 Å². The van der Waals surface area contributed by atoms with E-state index >= 15 is 0 Å². The average Bonchev–Trinajstić information content (AvgIpc) is 2.61. The van der Waals surface area contributed by atoms with Crippen LogP contribution in [0.3, 0.4) is 0 Å². The number of amides is 1. The summed E-state index contributed by atoms with van der Waals surface area (Å²) in [6.07, 6.45) is 0.338. The fraction of sp³-hybridized carbons (Fsp3) is 0.350. The first kappa shape index (κ1) is 19.4. The number of benzene rings is 1. The summed E-state index contributed by atoms with van der Waals surface area (Å²) >= 11 is 0. The summed E-state index contributed by atoms with van der Waals surface area (Å²) < 4.78 is 0. The minimum atomic E-state index is -0.0784. The molecule has 0 atom stereocenters. The molecule has 0 fully saturated rings. The monoisotopic (exact) mass is 353 g/mol. The lowest BCUT2D eigenvalue weighted by Gasteiger charge is -2.12. The highest BCUT2D eigenvalue weighted by Gasteiger charge is 2.05. The number of aryl methyl sites for hydroxylation is 2. The number of hydrogen-bond acceptors (Lipinski definition) is 3. The van der Waals surface area contributed by atoms with Crippen molar-refractivity contribution in [2.45, 2.75) is 33.7 Å². The van der Waals surface area contributed by atoms with E-state index in [-0.39, 0.29) is 5.91 Å². The van der Waals surface area contributed by atoms with E-state index in [1.807, 2.05) is 38.1 Å². The van der Waals surface area contributed by atoms with E-state index in [1.54, 1.807) is 6.07 Å². The van der Waals surface area contributed by atoms with Gasteiger partial charge in [0.25, 0.3) is 0 Å². The van der Waals surface area contributed by atoms with Gasteiger partial charge in [-0.3, -0.25) is 4.79 Å². The van der Waals surface area contributed by atoms with Crippen molar-refractivity contribution in [2.75, 3.05) is 18.4 Å². The van der Waals surface area contributed by atoms with E-state index in [9.17, 15) is 4.79 Å². The lowest BCUT2D eigenvalue weighted by atomic mass is 10.1. The molecule has 2 aromatic rings. The smallest absolute Gasteiger partial charge is 0.227 e. The molecule has 2 rings (SSSR count). The predicted octanol–water partition coefficient (Wildman–Crippen LogP) is 2.78. The molecule has 0 saturated carbocycles. The molecule has 1 amide bonds.